The fourth-order valence-electron chi connectivity index (χ4n) is 3.83. The van der Waals surface area contributed by atoms with Crippen LogP contribution in [0.1, 0.15) is 125 Å². The molecule has 1 nitrogen and oxygen atoms in total. The number of hydrogen-bond donors (Lipinski definition) is 0. The van der Waals surface area contributed by atoms with Crippen LogP contribution in [-0.2, 0) is 0 Å². The van der Waals surface area contributed by atoms with Gasteiger partial charge >= 0.3 is 0 Å². The molecule has 0 bridgehead atoms. The zero-order chi connectivity index (χ0) is 18.9. The molecule has 0 N–H and O–H groups in total. The Morgan fingerprint density at radius 2 is 1.24 bits per heavy atom. The molecule has 0 aliphatic carbocycles. The van der Waals surface area contributed by atoms with Crippen molar-refractivity contribution in [3.63, 3.8) is 0 Å². The van der Waals surface area contributed by atoms with Crippen LogP contribution in [0.3, 0.4) is 0 Å². The summed E-state index contributed by atoms with van der Waals surface area (Å²) in [5.74, 6) is 0. The van der Waals surface area contributed by atoms with E-state index in [2.05, 4.69) is 52.5 Å². The van der Waals surface area contributed by atoms with E-state index in [1.807, 2.05) is 0 Å². The molecular formula is C24H49N. The SMILES string of the molecule is CCCCCCCCC(C=C(CCCC)CCCC)N(CC)C(C)C. The lowest BCUT2D eigenvalue weighted by Gasteiger charge is -2.33. The summed E-state index contributed by atoms with van der Waals surface area (Å²) < 4.78 is 0. The number of allylic oxidation sites excluding steroid dienone is 1. The van der Waals surface area contributed by atoms with Crippen molar-refractivity contribution in [2.75, 3.05) is 6.54 Å². The van der Waals surface area contributed by atoms with Crippen molar-refractivity contribution >= 4 is 0 Å². The molecule has 0 aromatic carbocycles. The van der Waals surface area contributed by atoms with Gasteiger partial charge in [-0.05, 0) is 52.5 Å². The summed E-state index contributed by atoms with van der Waals surface area (Å²) in [5, 5.41) is 0. The smallest absolute Gasteiger partial charge is 0.0283 e. The quantitative estimate of drug-likeness (QED) is 0.189. The summed E-state index contributed by atoms with van der Waals surface area (Å²) in [6.07, 6.45) is 20.4. The average molecular weight is 352 g/mol. The highest BCUT2D eigenvalue weighted by Gasteiger charge is 2.18. The summed E-state index contributed by atoms with van der Waals surface area (Å²) in [6, 6.07) is 1.30. The van der Waals surface area contributed by atoms with Crippen molar-refractivity contribution in [1.82, 2.24) is 4.90 Å². The normalized spacial score (nSPS) is 12.8. The van der Waals surface area contributed by atoms with Crippen LogP contribution in [0.25, 0.3) is 0 Å². The third kappa shape index (κ3) is 12.7. The Morgan fingerprint density at radius 1 is 0.720 bits per heavy atom. The molecular weight excluding hydrogens is 302 g/mol. The summed E-state index contributed by atoms with van der Waals surface area (Å²) in [7, 11) is 0. The predicted octanol–water partition coefficient (Wildman–Crippen LogP) is 8.14. The molecule has 0 aromatic heterocycles. The molecule has 1 heteroatoms. The van der Waals surface area contributed by atoms with Gasteiger partial charge in [0, 0.05) is 12.1 Å². The number of hydrogen-bond acceptors (Lipinski definition) is 1. The van der Waals surface area contributed by atoms with E-state index in [4.69, 9.17) is 0 Å². The summed E-state index contributed by atoms with van der Waals surface area (Å²) in [4.78, 5) is 2.71. The molecule has 0 radical (unpaired) electrons. The van der Waals surface area contributed by atoms with Crippen LogP contribution < -0.4 is 0 Å². The van der Waals surface area contributed by atoms with Gasteiger partial charge in [-0.1, -0.05) is 90.7 Å². The Balaban J connectivity index is 4.83. The van der Waals surface area contributed by atoms with Crippen LogP contribution in [0.15, 0.2) is 11.6 Å². The molecule has 0 spiro atoms. The van der Waals surface area contributed by atoms with Crippen LogP contribution >= 0.6 is 0 Å². The van der Waals surface area contributed by atoms with Gasteiger partial charge in [-0.15, -0.1) is 0 Å². The van der Waals surface area contributed by atoms with Crippen molar-refractivity contribution in [3.8, 4) is 0 Å². The maximum Gasteiger partial charge on any atom is 0.0283 e. The van der Waals surface area contributed by atoms with E-state index in [9.17, 15) is 0 Å². The summed E-state index contributed by atoms with van der Waals surface area (Å²) >= 11 is 0. The predicted molar refractivity (Wildman–Crippen MR) is 116 cm³/mol. The van der Waals surface area contributed by atoms with Crippen molar-refractivity contribution in [2.24, 2.45) is 0 Å². The number of nitrogens with zero attached hydrogens (tertiary/aromatic N) is 1. The van der Waals surface area contributed by atoms with Gasteiger partial charge in [-0.25, -0.2) is 0 Å². The van der Waals surface area contributed by atoms with Gasteiger partial charge in [-0.3, -0.25) is 4.90 Å². The zero-order valence-electron chi connectivity index (χ0n) is 18.6. The number of unbranched alkanes of at least 4 members (excludes halogenated alkanes) is 7. The monoisotopic (exact) mass is 351 g/mol. The number of rotatable bonds is 17. The molecule has 0 aromatic rings. The molecule has 0 fully saturated rings. The second-order valence-electron chi connectivity index (χ2n) is 8.08. The molecule has 0 saturated heterocycles. The van der Waals surface area contributed by atoms with Crippen LogP contribution in [-0.4, -0.2) is 23.5 Å². The molecule has 0 saturated carbocycles. The van der Waals surface area contributed by atoms with Crippen LogP contribution in [0.5, 0.6) is 0 Å². The molecule has 150 valence electrons. The molecule has 0 heterocycles. The van der Waals surface area contributed by atoms with E-state index < -0.39 is 0 Å². The van der Waals surface area contributed by atoms with Crippen LogP contribution in [0, 0.1) is 0 Å². The molecule has 25 heavy (non-hydrogen) atoms. The average Bonchev–Trinajstić information content (AvgIpc) is 2.60. The van der Waals surface area contributed by atoms with Crippen molar-refractivity contribution < 1.29 is 0 Å². The van der Waals surface area contributed by atoms with Crippen molar-refractivity contribution in [2.45, 2.75) is 137 Å². The fraction of sp³-hybridized carbons (Fsp3) is 0.917. The first-order chi connectivity index (χ1) is 12.1. The molecule has 1 atom stereocenters. The first-order valence-electron chi connectivity index (χ1n) is 11.6. The Kier molecular flexibility index (Phi) is 16.9. The zero-order valence-corrected chi connectivity index (χ0v) is 18.6. The van der Waals surface area contributed by atoms with E-state index in [1.165, 1.54) is 90.0 Å². The standard InChI is InChI=1S/C24H49N/c1-7-11-14-15-16-17-20-24(25(10-4)22(5)6)21-23(18-12-8-2)19-13-9-3/h21-22,24H,7-20H2,1-6H3. The second-order valence-corrected chi connectivity index (χ2v) is 8.08. The Hall–Kier alpha value is -0.300. The van der Waals surface area contributed by atoms with Gasteiger partial charge in [0.2, 0.25) is 0 Å². The Labute approximate surface area is 160 Å². The second kappa shape index (κ2) is 17.1. The summed E-state index contributed by atoms with van der Waals surface area (Å²) in [6.45, 7) is 15.2. The molecule has 1 unspecified atom stereocenters. The van der Waals surface area contributed by atoms with Crippen LogP contribution in [0.4, 0.5) is 0 Å². The van der Waals surface area contributed by atoms with Crippen LogP contribution in [0.2, 0.25) is 0 Å². The first-order valence-corrected chi connectivity index (χ1v) is 11.6. The largest absolute Gasteiger partial charge is 0.295 e. The number of likely N-dealkylation sites (N-methyl/N-ethyl adjacent to an activating group) is 1. The van der Waals surface area contributed by atoms with Gasteiger partial charge in [0.25, 0.3) is 0 Å². The maximum atomic E-state index is 2.71. The van der Waals surface area contributed by atoms with Gasteiger partial charge in [-0.2, -0.15) is 0 Å². The lowest BCUT2D eigenvalue weighted by molar-refractivity contribution is 0.180. The molecule has 0 aliphatic heterocycles. The van der Waals surface area contributed by atoms with E-state index in [-0.39, 0.29) is 0 Å². The van der Waals surface area contributed by atoms with E-state index >= 15 is 0 Å². The highest BCUT2D eigenvalue weighted by atomic mass is 15.2. The minimum absolute atomic E-state index is 0.643. The van der Waals surface area contributed by atoms with Gasteiger partial charge in [0.1, 0.15) is 0 Å². The van der Waals surface area contributed by atoms with E-state index in [1.54, 1.807) is 5.57 Å². The topological polar surface area (TPSA) is 3.24 Å². The van der Waals surface area contributed by atoms with E-state index in [0.29, 0.717) is 12.1 Å². The molecule has 0 amide bonds. The van der Waals surface area contributed by atoms with E-state index in [0.717, 1.165) is 0 Å². The highest BCUT2D eigenvalue weighted by molar-refractivity contribution is 5.08. The minimum atomic E-state index is 0.643. The first kappa shape index (κ1) is 24.7. The Morgan fingerprint density at radius 3 is 1.72 bits per heavy atom. The van der Waals surface area contributed by atoms with Gasteiger partial charge in [0.05, 0.1) is 0 Å². The lowest BCUT2D eigenvalue weighted by atomic mass is 9.96. The lowest BCUT2D eigenvalue weighted by Crippen LogP contribution is -2.39. The molecule has 0 aliphatic rings. The third-order valence-electron chi connectivity index (χ3n) is 5.44. The summed E-state index contributed by atoms with van der Waals surface area (Å²) in [5.41, 5.74) is 1.73. The molecule has 0 rings (SSSR count). The minimum Gasteiger partial charge on any atom is -0.295 e. The van der Waals surface area contributed by atoms with Gasteiger partial charge in [0.15, 0.2) is 0 Å². The Bertz CT molecular complexity index is 295. The third-order valence-corrected chi connectivity index (χ3v) is 5.44. The van der Waals surface area contributed by atoms with Gasteiger partial charge < -0.3 is 0 Å². The maximum absolute atomic E-state index is 2.71. The fourth-order valence-corrected chi connectivity index (χ4v) is 3.83. The highest BCUT2D eigenvalue weighted by Crippen LogP contribution is 2.22. The van der Waals surface area contributed by atoms with Crippen molar-refractivity contribution in [3.05, 3.63) is 11.6 Å². The van der Waals surface area contributed by atoms with Crippen molar-refractivity contribution in [1.29, 1.82) is 0 Å².